The molecule has 0 radical (unpaired) electrons. The van der Waals surface area contributed by atoms with E-state index in [4.69, 9.17) is 11.2 Å². The molecule has 0 amide bonds. The first-order valence-electron chi connectivity index (χ1n) is 5.04. The summed E-state index contributed by atoms with van der Waals surface area (Å²) >= 11 is 1.46. The normalized spacial score (nSPS) is 9.59. The third kappa shape index (κ3) is 3.20. The SMILES string of the molecule is C#CCOc1ccccc1CNc1nncs1. The van der Waals surface area contributed by atoms with Gasteiger partial charge in [-0.3, -0.25) is 0 Å². The van der Waals surface area contributed by atoms with Crippen molar-refractivity contribution in [2.75, 3.05) is 11.9 Å². The summed E-state index contributed by atoms with van der Waals surface area (Å²) in [6.45, 7) is 0.908. The second-order valence-corrected chi connectivity index (χ2v) is 4.03. The standard InChI is InChI=1S/C12H11N3OS/c1-2-7-16-11-6-4-3-5-10(11)8-13-12-15-14-9-17-12/h1,3-6,9H,7-8H2,(H,13,15). The van der Waals surface area contributed by atoms with Crippen molar-refractivity contribution in [2.45, 2.75) is 6.54 Å². The zero-order valence-corrected chi connectivity index (χ0v) is 9.91. The molecule has 1 N–H and O–H groups in total. The molecule has 4 nitrogen and oxygen atoms in total. The second-order valence-electron chi connectivity index (χ2n) is 3.20. The molecule has 1 aromatic heterocycles. The highest BCUT2D eigenvalue weighted by Crippen LogP contribution is 2.19. The summed E-state index contributed by atoms with van der Waals surface area (Å²) < 4.78 is 5.45. The molecule has 5 heteroatoms. The Hall–Kier alpha value is -2.06. The number of para-hydroxylation sites is 1. The van der Waals surface area contributed by atoms with Gasteiger partial charge in [0.1, 0.15) is 17.9 Å². The Kier molecular flexibility index (Phi) is 3.95. The van der Waals surface area contributed by atoms with Crippen LogP contribution in [0.5, 0.6) is 5.75 Å². The number of benzene rings is 1. The number of nitrogens with zero attached hydrogens (tertiary/aromatic N) is 2. The van der Waals surface area contributed by atoms with Crippen molar-refractivity contribution in [1.29, 1.82) is 0 Å². The fourth-order valence-electron chi connectivity index (χ4n) is 1.33. The Morgan fingerprint density at radius 2 is 2.29 bits per heavy atom. The minimum Gasteiger partial charge on any atom is -0.481 e. The number of ether oxygens (including phenoxy) is 1. The first kappa shape index (κ1) is 11.4. The number of anilines is 1. The molecule has 2 rings (SSSR count). The lowest BCUT2D eigenvalue weighted by Crippen LogP contribution is -2.03. The first-order chi connectivity index (χ1) is 8.40. The fourth-order valence-corrected chi connectivity index (χ4v) is 1.77. The first-order valence-corrected chi connectivity index (χ1v) is 5.92. The van der Waals surface area contributed by atoms with E-state index in [-0.39, 0.29) is 6.61 Å². The van der Waals surface area contributed by atoms with Gasteiger partial charge in [0, 0.05) is 12.1 Å². The quantitative estimate of drug-likeness (QED) is 0.820. The number of nitrogens with one attached hydrogen (secondary N) is 1. The van der Waals surface area contributed by atoms with Crippen LogP contribution in [0.1, 0.15) is 5.56 Å². The Morgan fingerprint density at radius 1 is 1.41 bits per heavy atom. The molecule has 17 heavy (non-hydrogen) atoms. The van der Waals surface area contributed by atoms with Gasteiger partial charge in [-0.05, 0) is 6.07 Å². The van der Waals surface area contributed by atoms with Crippen LogP contribution in [0.15, 0.2) is 29.8 Å². The summed E-state index contributed by atoms with van der Waals surface area (Å²) in [4.78, 5) is 0. The highest BCUT2D eigenvalue weighted by molar-refractivity contribution is 7.13. The predicted molar refractivity (Wildman–Crippen MR) is 68.0 cm³/mol. The third-order valence-corrected chi connectivity index (χ3v) is 2.72. The summed E-state index contributed by atoms with van der Waals surface area (Å²) in [5.41, 5.74) is 2.72. The summed E-state index contributed by atoms with van der Waals surface area (Å²) in [6, 6.07) is 7.76. The van der Waals surface area contributed by atoms with Crippen molar-refractivity contribution in [3.05, 3.63) is 35.3 Å². The van der Waals surface area contributed by atoms with E-state index in [1.165, 1.54) is 11.3 Å². The van der Waals surface area contributed by atoms with E-state index < -0.39 is 0 Å². The Morgan fingerprint density at radius 3 is 3.06 bits per heavy atom. The average Bonchev–Trinajstić information content (AvgIpc) is 2.88. The van der Waals surface area contributed by atoms with Crippen molar-refractivity contribution >= 4 is 16.5 Å². The van der Waals surface area contributed by atoms with Gasteiger partial charge < -0.3 is 10.1 Å². The molecule has 0 aliphatic carbocycles. The van der Waals surface area contributed by atoms with Gasteiger partial charge in [0.25, 0.3) is 0 Å². The van der Waals surface area contributed by atoms with Crippen LogP contribution in [0.2, 0.25) is 0 Å². The molecule has 0 saturated heterocycles. The van der Waals surface area contributed by atoms with E-state index in [1.54, 1.807) is 5.51 Å². The van der Waals surface area contributed by atoms with Gasteiger partial charge in [-0.1, -0.05) is 35.5 Å². The largest absolute Gasteiger partial charge is 0.481 e. The lowest BCUT2D eigenvalue weighted by molar-refractivity contribution is 0.366. The molecule has 2 aromatic rings. The van der Waals surface area contributed by atoms with Gasteiger partial charge in [0.15, 0.2) is 0 Å². The molecule has 0 aliphatic heterocycles. The molecule has 0 aliphatic rings. The van der Waals surface area contributed by atoms with Crippen LogP contribution in [0, 0.1) is 12.3 Å². The van der Waals surface area contributed by atoms with Crippen molar-refractivity contribution in [3.63, 3.8) is 0 Å². The summed E-state index contributed by atoms with van der Waals surface area (Å²) in [7, 11) is 0. The van der Waals surface area contributed by atoms with Gasteiger partial charge in [-0.2, -0.15) is 0 Å². The topological polar surface area (TPSA) is 47.0 Å². The van der Waals surface area contributed by atoms with Crippen LogP contribution < -0.4 is 10.1 Å². The molecular weight excluding hydrogens is 234 g/mol. The molecule has 0 fully saturated rings. The van der Waals surface area contributed by atoms with Crippen LogP contribution in [0.3, 0.4) is 0 Å². The highest BCUT2D eigenvalue weighted by Gasteiger charge is 2.03. The zero-order valence-electron chi connectivity index (χ0n) is 9.09. The second kappa shape index (κ2) is 5.87. The minimum absolute atomic E-state index is 0.274. The van der Waals surface area contributed by atoms with Crippen LogP contribution in [0.4, 0.5) is 5.13 Å². The van der Waals surface area contributed by atoms with Gasteiger partial charge in [-0.15, -0.1) is 16.6 Å². The Bertz CT molecular complexity index is 505. The van der Waals surface area contributed by atoms with Crippen molar-refractivity contribution in [1.82, 2.24) is 10.2 Å². The lowest BCUT2D eigenvalue weighted by atomic mass is 10.2. The zero-order chi connectivity index (χ0) is 11.9. The van der Waals surface area contributed by atoms with E-state index in [2.05, 4.69) is 21.4 Å². The number of hydrogen-bond donors (Lipinski definition) is 1. The van der Waals surface area contributed by atoms with Gasteiger partial charge in [0.05, 0.1) is 0 Å². The molecule has 1 heterocycles. The van der Waals surface area contributed by atoms with Crippen LogP contribution in [-0.4, -0.2) is 16.8 Å². The van der Waals surface area contributed by atoms with Crippen LogP contribution in [0.25, 0.3) is 0 Å². The van der Waals surface area contributed by atoms with Gasteiger partial charge in [-0.25, -0.2) is 0 Å². The third-order valence-electron chi connectivity index (χ3n) is 2.07. The fraction of sp³-hybridized carbons (Fsp3) is 0.167. The van der Waals surface area contributed by atoms with Crippen molar-refractivity contribution in [2.24, 2.45) is 0 Å². The average molecular weight is 245 g/mol. The maximum Gasteiger partial charge on any atom is 0.205 e. The maximum absolute atomic E-state index is 5.45. The molecule has 1 aromatic carbocycles. The van der Waals surface area contributed by atoms with Crippen molar-refractivity contribution in [3.8, 4) is 18.1 Å². The van der Waals surface area contributed by atoms with E-state index in [1.807, 2.05) is 24.3 Å². The van der Waals surface area contributed by atoms with Gasteiger partial charge >= 0.3 is 0 Å². The number of rotatable bonds is 5. The number of aromatic nitrogens is 2. The van der Waals surface area contributed by atoms with Crippen LogP contribution in [-0.2, 0) is 6.54 Å². The molecule has 0 saturated carbocycles. The van der Waals surface area contributed by atoms with E-state index in [0.29, 0.717) is 6.54 Å². The lowest BCUT2D eigenvalue weighted by Gasteiger charge is -2.09. The molecular formula is C12H11N3OS. The van der Waals surface area contributed by atoms with E-state index in [0.717, 1.165) is 16.4 Å². The maximum atomic E-state index is 5.45. The van der Waals surface area contributed by atoms with E-state index in [9.17, 15) is 0 Å². The highest BCUT2D eigenvalue weighted by atomic mass is 32.1. The molecule has 86 valence electrons. The Balaban J connectivity index is 2.02. The van der Waals surface area contributed by atoms with Crippen LogP contribution >= 0.6 is 11.3 Å². The molecule has 0 spiro atoms. The predicted octanol–water partition coefficient (Wildman–Crippen LogP) is 2.16. The van der Waals surface area contributed by atoms with Gasteiger partial charge in [0.2, 0.25) is 5.13 Å². The number of terminal acetylenes is 1. The Labute approximate surface area is 104 Å². The summed E-state index contributed by atoms with van der Waals surface area (Å²) in [5, 5.41) is 11.6. The molecule has 0 bridgehead atoms. The minimum atomic E-state index is 0.274. The monoisotopic (exact) mass is 245 g/mol. The van der Waals surface area contributed by atoms with E-state index >= 15 is 0 Å². The summed E-state index contributed by atoms with van der Waals surface area (Å²) in [6.07, 6.45) is 5.17. The number of hydrogen-bond acceptors (Lipinski definition) is 5. The summed E-state index contributed by atoms with van der Waals surface area (Å²) in [5.74, 6) is 3.24. The van der Waals surface area contributed by atoms with Crippen molar-refractivity contribution < 1.29 is 4.74 Å². The molecule has 0 atom stereocenters. The smallest absolute Gasteiger partial charge is 0.205 e. The molecule has 0 unspecified atom stereocenters.